The molecule has 128 valence electrons. The van der Waals surface area contributed by atoms with Crippen molar-refractivity contribution in [1.29, 1.82) is 0 Å². The van der Waals surface area contributed by atoms with Crippen LogP contribution in [0.1, 0.15) is 51.9 Å². The topological polar surface area (TPSA) is 59.9 Å². The Morgan fingerprint density at radius 3 is 2.50 bits per heavy atom. The molecule has 0 amide bonds. The SMILES string of the molecule is CCNC(=NCCO)NC1CCN(CC2CCCCC2)CC1. The number of likely N-dealkylation sites (tertiary alicyclic amines) is 1. The van der Waals surface area contributed by atoms with Gasteiger partial charge in [-0.25, -0.2) is 0 Å². The van der Waals surface area contributed by atoms with Crippen LogP contribution in [0.15, 0.2) is 4.99 Å². The lowest BCUT2D eigenvalue weighted by molar-refractivity contribution is 0.160. The van der Waals surface area contributed by atoms with Crippen molar-refractivity contribution in [3.63, 3.8) is 0 Å². The molecule has 5 heteroatoms. The second-order valence-corrected chi connectivity index (χ2v) is 6.71. The molecule has 22 heavy (non-hydrogen) atoms. The van der Waals surface area contributed by atoms with Gasteiger partial charge in [0.15, 0.2) is 5.96 Å². The maximum atomic E-state index is 8.91. The zero-order valence-corrected chi connectivity index (χ0v) is 14.2. The van der Waals surface area contributed by atoms with Crippen molar-refractivity contribution >= 4 is 5.96 Å². The molecule has 1 saturated heterocycles. The molecule has 5 nitrogen and oxygen atoms in total. The number of hydrogen-bond acceptors (Lipinski definition) is 3. The van der Waals surface area contributed by atoms with E-state index in [9.17, 15) is 0 Å². The molecular weight excluding hydrogens is 276 g/mol. The highest BCUT2D eigenvalue weighted by Gasteiger charge is 2.23. The first-order chi connectivity index (χ1) is 10.8. The van der Waals surface area contributed by atoms with Crippen molar-refractivity contribution < 1.29 is 5.11 Å². The van der Waals surface area contributed by atoms with Crippen LogP contribution in [0.5, 0.6) is 0 Å². The third-order valence-corrected chi connectivity index (χ3v) is 4.88. The van der Waals surface area contributed by atoms with Gasteiger partial charge in [-0.2, -0.15) is 0 Å². The summed E-state index contributed by atoms with van der Waals surface area (Å²) in [6.45, 7) is 7.22. The normalized spacial score (nSPS) is 22.7. The largest absolute Gasteiger partial charge is 0.394 e. The second-order valence-electron chi connectivity index (χ2n) is 6.71. The van der Waals surface area contributed by atoms with Crippen molar-refractivity contribution in [2.45, 2.75) is 57.9 Å². The van der Waals surface area contributed by atoms with Crippen LogP contribution in [0, 0.1) is 5.92 Å². The zero-order valence-electron chi connectivity index (χ0n) is 14.2. The van der Waals surface area contributed by atoms with Crippen LogP contribution in [0.4, 0.5) is 0 Å². The average molecular weight is 310 g/mol. The van der Waals surface area contributed by atoms with Gasteiger partial charge in [-0.05, 0) is 38.5 Å². The van der Waals surface area contributed by atoms with E-state index in [-0.39, 0.29) is 6.61 Å². The molecule has 3 N–H and O–H groups in total. The van der Waals surface area contributed by atoms with Gasteiger partial charge in [-0.1, -0.05) is 19.3 Å². The number of aliphatic hydroxyl groups is 1. The Labute approximate surface area is 135 Å². The molecule has 2 fully saturated rings. The van der Waals surface area contributed by atoms with Crippen molar-refractivity contribution in [2.75, 3.05) is 39.3 Å². The van der Waals surface area contributed by atoms with Crippen molar-refractivity contribution in [3.8, 4) is 0 Å². The van der Waals surface area contributed by atoms with E-state index in [1.807, 2.05) is 0 Å². The zero-order chi connectivity index (χ0) is 15.6. The third kappa shape index (κ3) is 6.13. The van der Waals surface area contributed by atoms with Gasteiger partial charge in [0.25, 0.3) is 0 Å². The molecule has 0 bridgehead atoms. The van der Waals surface area contributed by atoms with E-state index in [0.717, 1.165) is 18.4 Å². The maximum absolute atomic E-state index is 8.91. The maximum Gasteiger partial charge on any atom is 0.191 e. The average Bonchev–Trinajstić information content (AvgIpc) is 2.55. The molecule has 1 aliphatic carbocycles. The molecule has 0 spiro atoms. The fourth-order valence-electron chi connectivity index (χ4n) is 3.67. The van der Waals surface area contributed by atoms with Gasteiger partial charge >= 0.3 is 0 Å². The number of nitrogens with zero attached hydrogens (tertiary/aromatic N) is 2. The fraction of sp³-hybridized carbons (Fsp3) is 0.941. The molecule has 1 aliphatic heterocycles. The van der Waals surface area contributed by atoms with Crippen LogP contribution in [-0.2, 0) is 0 Å². The third-order valence-electron chi connectivity index (χ3n) is 4.88. The predicted octanol–water partition coefficient (Wildman–Crippen LogP) is 1.58. The number of aliphatic imine (C=N–C) groups is 1. The number of hydrogen-bond donors (Lipinski definition) is 3. The van der Waals surface area contributed by atoms with E-state index in [4.69, 9.17) is 5.11 Å². The van der Waals surface area contributed by atoms with Crippen molar-refractivity contribution in [1.82, 2.24) is 15.5 Å². The van der Waals surface area contributed by atoms with Gasteiger partial charge in [-0.15, -0.1) is 0 Å². The molecule has 2 rings (SSSR count). The van der Waals surface area contributed by atoms with Crippen LogP contribution >= 0.6 is 0 Å². The first-order valence-corrected chi connectivity index (χ1v) is 9.20. The summed E-state index contributed by atoms with van der Waals surface area (Å²) in [4.78, 5) is 7.03. The molecule has 0 aromatic heterocycles. The number of nitrogens with one attached hydrogen (secondary N) is 2. The minimum Gasteiger partial charge on any atom is -0.394 e. The highest BCUT2D eigenvalue weighted by molar-refractivity contribution is 5.80. The van der Waals surface area contributed by atoms with E-state index >= 15 is 0 Å². The minimum atomic E-state index is 0.108. The van der Waals surface area contributed by atoms with Crippen LogP contribution in [0.2, 0.25) is 0 Å². The highest BCUT2D eigenvalue weighted by Crippen LogP contribution is 2.25. The summed E-state index contributed by atoms with van der Waals surface area (Å²) in [5.74, 6) is 1.80. The molecule has 2 aliphatic rings. The summed E-state index contributed by atoms with van der Waals surface area (Å²) in [6, 6.07) is 0.513. The Morgan fingerprint density at radius 1 is 1.14 bits per heavy atom. The molecule has 0 aromatic rings. The summed E-state index contributed by atoms with van der Waals surface area (Å²) in [5.41, 5.74) is 0. The van der Waals surface area contributed by atoms with E-state index in [1.54, 1.807) is 0 Å². The Morgan fingerprint density at radius 2 is 1.86 bits per heavy atom. The smallest absolute Gasteiger partial charge is 0.191 e. The van der Waals surface area contributed by atoms with E-state index in [2.05, 4.69) is 27.4 Å². The van der Waals surface area contributed by atoms with Gasteiger partial charge in [0.05, 0.1) is 13.2 Å². The quantitative estimate of drug-likeness (QED) is 0.515. The number of guanidine groups is 1. The lowest BCUT2D eigenvalue weighted by atomic mass is 9.88. The molecule has 0 atom stereocenters. The van der Waals surface area contributed by atoms with Crippen LogP contribution in [0.25, 0.3) is 0 Å². The van der Waals surface area contributed by atoms with E-state index < -0.39 is 0 Å². The monoisotopic (exact) mass is 310 g/mol. The summed E-state index contributed by atoms with van der Waals surface area (Å²) in [6.07, 6.45) is 9.59. The van der Waals surface area contributed by atoms with Gasteiger partial charge in [0, 0.05) is 32.2 Å². The van der Waals surface area contributed by atoms with Gasteiger partial charge < -0.3 is 20.6 Å². The molecule has 0 radical (unpaired) electrons. The standard InChI is InChI=1S/C17H34N4O/c1-2-18-17(19-10-13-22)20-16-8-11-21(12-9-16)14-15-6-4-3-5-7-15/h15-16,22H,2-14H2,1H3,(H2,18,19,20). The Balaban J connectivity index is 1.69. The lowest BCUT2D eigenvalue weighted by Gasteiger charge is -2.36. The fourth-order valence-corrected chi connectivity index (χ4v) is 3.67. The first kappa shape index (κ1) is 17.5. The summed E-state index contributed by atoms with van der Waals surface area (Å²) in [5, 5.41) is 15.7. The predicted molar refractivity (Wildman–Crippen MR) is 92.2 cm³/mol. The Kier molecular flexibility index (Phi) is 8.02. The van der Waals surface area contributed by atoms with Crippen LogP contribution in [-0.4, -0.2) is 61.3 Å². The molecular formula is C17H34N4O. The number of aliphatic hydroxyl groups excluding tert-OH is 1. The van der Waals surface area contributed by atoms with Crippen molar-refractivity contribution in [2.24, 2.45) is 10.9 Å². The summed E-state index contributed by atoms with van der Waals surface area (Å²) in [7, 11) is 0. The molecule has 1 saturated carbocycles. The van der Waals surface area contributed by atoms with E-state index in [1.165, 1.54) is 64.6 Å². The minimum absolute atomic E-state index is 0.108. The summed E-state index contributed by atoms with van der Waals surface area (Å²) >= 11 is 0. The number of rotatable bonds is 6. The van der Waals surface area contributed by atoms with Crippen LogP contribution in [0.3, 0.4) is 0 Å². The Hall–Kier alpha value is -0.810. The molecule has 1 heterocycles. The highest BCUT2D eigenvalue weighted by atomic mass is 16.3. The summed E-state index contributed by atoms with van der Waals surface area (Å²) < 4.78 is 0. The van der Waals surface area contributed by atoms with Gasteiger partial charge in [-0.3, -0.25) is 4.99 Å². The molecule has 0 unspecified atom stereocenters. The van der Waals surface area contributed by atoms with Gasteiger partial charge in [0.2, 0.25) is 0 Å². The van der Waals surface area contributed by atoms with Gasteiger partial charge in [0.1, 0.15) is 0 Å². The number of piperidine rings is 1. The second kappa shape index (κ2) is 10.1. The van der Waals surface area contributed by atoms with E-state index in [0.29, 0.717) is 12.6 Å². The van der Waals surface area contributed by atoms with Crippen LogP contribution < -0.4 is 10.6 Å². The lowest BCUT2D eigenvalue weighted by Crippen LogP contribution is -2.49. The first-order valence-electron chi connectivity index (χ1n) is 9.20. The molecule has 0 aromatic carbocycles. The Bertz CT molecular complexity index is 321. The van der Waals surface area contributed by atoms with Crippen molar-refractivity contribution in [3.05, 3.63) is 0 Å².